The van der Waals surface area contributed by atoms with Gasteiger partial charge in [-0.15, -0.1) is 0 Å². The van der Waals surface area contributed by atoms with Crippen molar-refractivity contribution >= 4 is 11.9 Å². The maximum atomic E-state index is 11.8. The average molecular weight is 198 g/mol. The van der Waals surface area contributed by atoms with E-state index in [-0.39, 0.29) is 17.9 Å². The Kier molecular flexibility index (Phi) is 3.49. The molecule has 0 aromatic rings. The number of imide groups is 1. The maximum absolute atomic E-state index is 11.8. The van der Waals surface area contributed by atoms with Crippen molar-refractivity contribution in [3.63, 3.8) is 0 Å². The minimum Gasteiger partial charge on any atom is -0.337 e. The fourth-order valence-corrected chi connectivity index (χ4v) is 1.77. The summed E-state index contributed by atoms with van der Waals surface area (Å²) in [5.41, 5.74) is 0. The highest BCUT2D eigenvalue weighted by Crippen LogP contribution is 2.17. The molecule has 4 nitrogen and oxygen atoms in total. The third kappa shape index (κ3) is 2.25. The number of nitrogens with one attached hydrogen (secondary N) is 1. The molecule has 0 aromatic carbocycles. The smallest absolute Gasteiger partial charge is 0.324 e. The molecule has 80 valence electrons. The molecule has 0 aliphatic carbocycles. The van der Waals surface area contributed by atoms with E-state index in [2.05, 4.69) is 19.2 Å². The number of urea groups is 1. The van der Waals surface area contributed by atoms with Crippen molar-refractivity contribution in [3.05, 3.63) is 0 Å². The molecule has 1 atom stereocenters. The van der Waals surface area contributed by atoms with Crippen LogP contribution >= 0.6 is 0 Å². The van der Waals surface area contributed by atoms with Gasteiger partial charge in [0.05, 0.1) is 5.92 Å². The van der Waals surface area contributed by atoms with Gasteiger partial charge in [0.2, 0.25) is 5.91 Å². The lowest BCUT2D eigenvalue weighted by atomic mass is 9.94. The maximum Gasteiger partial charge on any atom is 0.324 e. The van der Waals surface area contributed by atoms with Gasteiger partial charge in [0.15, 0.2) is 0 Å². The summed E-state index contributed by atoms with van der Waals surface area (Å²) in [5.74, 6) is 0.426. The fourth-order valence-electron chi connectivity index (χ4n) is 1.77. The molecule has 14 heavy (non-hydrogen) atoms. The van der Waals surface area contributed by atoms with Gasteiger partial charge in [-0.25, -0.2) is 4.79 Å². The number of hydrogen-bond acceptors (Lipinski definition) is 2. The first-order valence-corrected chi connectivity index (χ1v) is 5.15. The van der Waals surface area contributed by atoms with E-state index in [1.54, 1.807) is 0 Å². The van der Waals surface area contributed by atoms with E-state index in [4.69, 9.17) is 0 Å². The SMILES string of the molecule is CCN1C(=O)NCC(CC(C)C)C1=O. The highest BCUT2D eigenvalue weighted by Gasteiger charge is 2.32. The Morgan fingerprint density at radius 3 is 2.64 bits per heavy atom. The first kappa shape index (κ1) is 11.0. The molecule has 0 saturated carbocycles. The molecule has 1 heterocycles. The predicted octanol–water partition coefficient (Wildman–Crippen LogP) is 1.22. The highest BCUT2D eigenvalue weighted by atomic mass is 16.2. The van der Waals surface area contributed by atoms with Gasteiger partial charge >= 0.3 is 6.03 Å². The molecule has 3 amide bonds. The highest BCUT2D eigenvalue weighted by molar-refractivity contribution is 5.98. The Morgan fingerprint density at radius 1 is 1.50 bits per heavy atom. The predicted molar refractivity (Wildman–Crippen MR) is 53.7 cm³/mol. The summed E-state index contributed by atoms with van der Waals surface area (Å²) in [5, 5.41) is 2.74. The van der Waals surface area contributed by atoms with Crippen LogP contribution in [0.1, 0.15) is 27.2 Å². The van der Waals surface area contributed by atoms with Gasteiger partial charge in [-0.2, -0.15) is 0 Å². The summed E-state index contributed by atoms with van der Waals surface area (Å²) in [6.07, 6.45) is 0.843. The second kappa shape index (κ2) is 4.44. The van der Waals surface area contributed by atoms with E-state index in [1.165, 1.54) is 4.90 Å². The van der Waals surface area contributed by atoms with Crippen LogP contribution in [0.3, 0.4) is 0 Å². The van der Waals surface area contributed by atoms with Crippen LogP contribution in [-0.2, 0) is 4.79 Å². The van der Waals surface area contributed by atoms with E-state index in [0.29, 0.717) is 19.0 Å². The Bertz CT molecular complexity index is 238. The molecule has 1 rings (SSSR count). The second-order valence-electron chi connectivity index (χ2n) is 4.10. The molecule has 1 N–H and O–H groups in total. The van der Waals surface area contributed by atoms with Crippen LogP contribution in [0.25, 0.3) is 0 Å². The zero-order valence-corrected chi connectivity index (χ0v) is 9.04. The summed E-state index contributed by atoms with van der Waals surface area (Å²) in [6, 6.07) is -0.252. The van der Waals surface area contributed by atoms with Crippen molar-refractivity contribution in [3.8, 4) is 0 Å². The van der Waals surface area contributed by atoms with Gasteiger partial charge < -0.3 is 5.32 Å². The number of amides is 3. The lowest BCUT2D eigenvalue weighted by Crippen LogP contribution is -2.54. The van der Waals surface area contributed by atoms with Crippen LogP contribution in [0.2, 0.25) is 0 Å². The van der Waals surface area contributed by atoms with E-state index in [1.807, 2.05) is 6.92 Å². The molecule has 1 saturated heterocycles. The van der Waals surface area contributed by atoms with Gasteiger partial charge in [0.1, 0.15) is 0 Å². The minimum atomic E-state index is -0.252. The molecule has 1 fully saturated rings. The summed E-state index contributed by atoms with van der Waals surface area (Å²) >= 11 is 0. The molecule has 0 bridgehead atoms. The molecular formula is C10H18N2O2. The van der Waals surface area contributed by atoms with Crippen LogP contribution in [0.15, 0.2) is 0 Å². The Balaban J connectivity index is 2.64. The van der Waals surface area contributed by atoms with Crippen molar-refractivity contribution in [2.75, 3.05) is 13.1 Å². The van der Waals surface area contributed by atoms with Gasteiger partial charge in [-0.05, 0) is 19.3 Å². The van der Waals surface area contributed by atoms with E-state index in [9.17, 15) is 9.59 Å². The van der Waals surface area contributed by atoms with Crippen LogP contribution in [0.5, 0.6) is 0 Å². The molecular weight excluding hydrogens is 180 g/mol. The average Bonchev–Trinajstić information content (AvgIpc) is 2.10. The molecule has 4 heteroatoms. The Morgan fingerprint density at radius 2 is 2.14 bits per heavy atom. The van der Waals surface area contributed by atoms with Crippen molar-refractivity contribution in [2.45, 2.75) is 27.2 Å². The topological polar surface area (TPSA) is 49.4 Å². The van der Waals surface area contributed by atoms with Crippen molar-refractivity contribution in [2.24, 2.45) is 11.8 Å². The van der Waals surface area contributed by atoms with Crippen LogP contribution in [0.4, 0.5) is 4.79 Å². The Labute approximate surface area is 84.7 Å². The monoisotopic (exact) mass is 198 g/mol. The van der Waals surface area contributed by atoms with E-state index >= 15 is 0 Å². The number of rotatable bonds is 3. The standard InChI is InChI=1S/C10H18N2O2/c1-4-12-9(13)8(5-7(2)3)6-11-10(12)14/h7-8H,4-6H2,1-3H3,(H,11,14). The second-order valence-corrected chi connectivity index (χ2v) is 4.10. The van der Waals surface area contributed by atoms with E-state index in [0.717, 1.165) is 6.42 Å². The third-order valence-corrected chi connectivity index (χ3v) is 2.43. The lowest BCUT2D eigenvalue weighted by Gasteiger charge is -2.31. The first-order chi connectivity index (χ1) is 6.56. The first-order valence-electron chi connectivity index (χ1n) is 5.15. The largest absolute Gasteiger partial charge is 0.337 e. The molecule has 0 spiro atoms. The number of carbonyl (C=O) groups excluding carboxylic acids is 2. The van der Waals surface area contributed by atoms with Crippen LogP contribution in [0, 0.1) is 11.8 Å². The summed E-state index contributed by atoms with van der Waals surface area (Å²) in [6.45, 7) is 6.93. The van der Waals surface area contributed by atoms with Gasteiger partial charge in [-0.1, -0.05) is 13.8 Å². The minimum absolute atomic E-state index is 0.0232. The molecule has 1 unspecified atom stereocenters. The molecule has 1 aliphatic heterocycles. The molecule has 0 aromatic heterocycles. The zero-order valence-electron chi connectivity index (χ0n) is 9.04. The zero-order chi connectivity index (χ0) is 10.7. The summed E-state index contributed by atoms with van der Waals surface area (Å²) < 4.78 is 0. The van der Waals surface area contributed by atoms with Gasteiger partial charge in [-0.3, -0.25) is 9.69 Å². The number of nitrogens with zero attached hydrogens (tertiary/aromatic N) is 1. The summed E-state index contributed by atoms with van der Waals surface area (Å²) in [4.78, 5) is 24.3. The summed E-state index contributed by atoms with van der Waals surface area (Å²) in [7, 11) is 0. The quantitative estimate of drug-likeness (QED) is 0.741. The fraction of sp³-hybridized carbons (Fsp3) is 0.800. The lowest BCUT2D eigenvalue weighted by molar-refractivity contribution is -0.134. The third-order valence-electron chi connectivity index (χ3n) is 2.43. The van der Waals surface area contributed by atoms with Crippen molar-refractivity contribution in [1.29, 1.82) is 0 Å². The normalized spacial score (nSPS) is 22.9. The van der Waals surface area contributed by atoms with E-state index < -0.39 is 0 Å². The van der Waals surface area contributed by atoms with Gasteiger partial charge in [0.25, 0.3) is 0 Å². The molecule has 0 radical (unpaired) electrons. The number of hydrogen-bond donors (Lipinski definition) is 1. The van der Waals surface area contributed by atoms with Crippen molar-refractivity contribution < 1.29 is 9.59 Å². The Hall–Kier alpha value is -1.06. The molecule has 1 aliphatic rings. The number of carbonyl (C=O) groups is 2. The van der Waals surface area contributed by atoms with Crippen molar-refractivity contribution in [1.82, 2.24) is 10.2 Å². The van der Waals surface area contributed by atoms with Gasteiger partial charge in [0, 0.05) is 13.1 Å². The van der Waals surface area contributed by atoms with Crippen LogP contribution < -0.4 is 5.32 Å². The van der Waals surface area contributed by atoms with Crippen LogP contribution in [-0.4, -0.2) is 29.9 Å².